The van der Waals surface area contributed by atoms with Crippen molar-refractivity contribution >= 4 is 12.1 Å². The number of ether oxygens (including phenoxy) is 3. The maximum Gasteiger partial charge on any atom is 0.407 e. The molecule has 0 aromatic rings. The molecule has 0 saturated carbocycles. The number of hydrogen-bond donors (Lipinski definition) is 2. The first-order valence-corrected chi connectivity index (χ1v) is 9.06. The molecule has 146 valence electrons. The number of carbonyl (C=O) groups is 2. The fourth-order valence-corrected chi connectivity index (χ4v) is 2.61. The Hall–Kier alpha value is -1.34. The Morgan fingerprint density at radius 1 is 1.24 bits per heavy atom. The molecular formula is C18H34N2O5. The lowest BCUT2D eigenvalue weighted by molar-refractivity contribution is -0.145. The molecule has 1 saturated heterocycles. The molecule has 7 heteroatoms. The predicted molar refractivity (Wildman–Crippen MR) is 95.4 cm³/mol. The summed E-state index contributed by atoms with van der Waals surface area (Å²) >= 11 is 0. The van der Waals surface area contributed by atoms with Crippen LogP contribution in [0.25, 0.3) is 0 Å². The van der Waals surface area contributed by atoms with Crippen LogP contribution in [-0.2, 0) is 19.0 Å². The van der Waals surface area contributed by atoms with Gasteiger partial charge in [0, 0.05) is 0 Å². The van der Waals surface area contributed by atoms with Gasteiger partial charge in [-0.25, -0.2) is 4.79 Å². The van der Waals surface area contributed by atoms with Crippen molar-refractivity contribution in [3.05, 3.63) is 0 Å². The third-order valence-electron chi connectivity index (χ3n) is 3.84. The highest BCUT2D eigenvalue weighted by Gasteiger charge is 2.47. The summed E-state index contributed by atoms with van der Waals surface area (Å²) in [6.45, 7) is 13.0. The van der Waals surface area contributed by atoms with Gasteiger partial charge in [-0.1, -0.05) is 20.8 Å². The van der Waals surface area contributed by atoms with E-state index < -0.39 is 17.2 Å². The summed E-state index contributed by atoms with van der Waals surface area (Å²) in [6, 6.07) is -0.199. The first-order valence-electron chi connectivity index (χ1n) is 9.06. The van der Waals surface area contributed by atoms with E-state index in [0.29, 0.717) is 25.7 Å². The monoisotopic (exact) mass is 358 g/mol. The summed E-state index contributed by atoms with van der Waals surface area (Å²) in [5.41, 5.74) is -1.04. The van der Waals surface area contributed by atoms with Crippen molar-refractivity contribution in [1.82, 2.24) is 10.6 Å². The third kappa shape index (κ3) is 7.61. The fourth-order valence-electron chi connectivity index (χ4n) is 2.61. The Kier molecular flexibility index (Phi) is 8.15. The van der Waals surface area contributed by atoms with Crippen LogP contribution in [0.2, 0.25) is 0 Å². The lowest BCUT2D eigenvalue weighted by Crippen LogP contribution is -2.72. The Labute approximate surface area is 151 Å². The summed E-state index contributed by atoms with van der Waals surface area (Å²) < 4.78 is 15.9. The highest BCUT2D eigenvalue weighted by molar-refractivity contribution is 5.72. The highest BCUT2D eigenvalue weighted by Crippen LogP contribution is 2.26. The number of hydrogen-bond acceptors (Lipinski definition) is 6. The second-order valence-electron chi connectivity index (χ2n) is 8.05. The maximum atomic E-state index is 12.2. The van der Waals surface area contributed by atoms with Gasteiger partial charge in [0.1, 0.15) is 5.60 Å². The first-order chi connectivity index (χ1) is 11.6. The first kappa shape index (κ1) is 21.7. The molecule has 0 aromatic heterocycles. The molecule has 1 amide bonds. The molecule has 0 spiro atoms. The molecule has 1 unspecified atom stereocenters. The number of alkyl carbamates (subject to hydrolysis) is 1. The third-order valence-corrected chi connectivity index (χ3v) is 3.84. The highest BCUT2D eigenvalue weighted by atomic mass is 16.6. The molecule has 25 heavy (non-hydrogen) atoms. The molecule has 1 heterocycles. The van der Waals surface area contributed by atoms with Gasteiger partial charge in [0.2, 0.25) is 0 Å². The van der Waals surface area contributed by atoms with Crippen molar-refractivity contribution in [1.29, 1.82) is 0 Å². The molecule has 2 N–H and O–H groups in total. The normalized spacial score (nSPS) is 17.6. The Morgan fingerprint density at radius 3 is 2.32 bits per heavy atom. The lowest BCUT2D eigenvalue weighted by Gasteiger charge is -2.48. The summed E-state index contributed by atoms with van der Waals surface area (Å²) in [6.07, 6.45) is 1.08. The van der Waals surface area contributed by atoms with Crippen LogP contribution in [-0.4, -0.2) is 55.6 Å². The van der Waals surface area contributed by atoms with Crippen LogP contribution >= 0.6 is 0 Å². The molecule has 0 bridgehead atoms. The Balaban J connectivity index is 2.72. The van der Waals surface area contributed by atoms with E-state index in [2.05, 4.69) is 24.5 Å². The van der Waals surface area contributed by atoms with Gasteiger partial charge in [-0.15, -0.1) is 0 Å². The fraction of sp³-hybridized carbons (Fsp3) is 0.889. The molecule has 0 radical (unpaired) electrons. The minimum absolute atomic E-state index is 0.0912. The predicted octanol–water partition coefficient (Wildman–Crippen LogP) is 2.24. The topological polar surface area (TPSA) is 85.9 Å². The zero-order valence-corrected chi connectivity index (χ0v) is 16.4. The molecule has 1 aliphatic heterocycles. The van der Waals surface area contributed by atoms with Gasteiger partial charge in [0.05, 0.1) is 37.9 Å². The molecule has 0 aliphatic carbocycles. The molecule has 1 atom stereocenters. The van der Waals surface area contributed by atoms with E-state index in [1.54, 1.807) is 0 Å². The molecule has 1 aliphatic rings. The van der Waals surface area contributed by atoms with E-state index >= 15 is 0 Å². The van der Waals surface area contributed by atoms with Crippen LogP contribution < -0.4 is 10.6 Å². The van der Waals surface area contributed by atoms with Crippen LogP contribution in [0.15, 0.2) is 0 Å². The Morgan fingerprint density at radius 2 is 1.88 bits per heavy atom. The number of amides is 1. The summed E-state index contributed by atoms with van der Waals surface area (Å²) in [5.74, 6) is 0.0694. The maximum absolute atomic E-state index is 12.2. The summed E-state index contributed by atoms with van der Waals surface area (Å²) in [5, 5.41) is 6.20. The molecule has 7 nitrogen and oxygen atoms in total. The standard InChI is InChI=1S/C18H34N2O5/c1-7-8-24-15(21)10-19-18(11-23-12-18)14(9-13(2)3)20-16(22)25-17(4,5)6/h13-14,19H,7-12H2,1-6H3,(H,20,22). The van der Waals surface area contributed by atoms with Crippen molar-refractivity contribution in [2.75, 3.05) is 26.4 Å². The Bertz CT molecular complexity index is 441. The van der Waals surface area contributed by atoms with E-state index in [9.17, 15) is 9.59 Å². The van der Waals surface area contributed by atoms with Crippen LogP contribution in [0.3, 0.4) is 0 Å². The number of rotatable bonds is 9. The number of nitrogens with one attached hydrogen (secondary N) is 2. The van der Waals surface area contributed by atoms with Gasteiger partial charge < -0.3 is 19.5 Å². The minimum atomic E-state index is -0.562. The number of esters is 1. The molecule has 0 aromatic carbocycles. The van der Waals surface area contributed by atoms with Crippen molar-refractivity contribution in [2.24, 2.45) is 5.92 Å². The summed E-state index contributed by atoms with van der Waals surface area (Å²) in [4.78, 5) is 24.0. The smallest absolute Gasteiger partial charge is 0.407 e. The van der Waals surface area contributed by atoms with E-state index in [1.807, 2.05) is 27.7 Å². The molecular weight excluding hydrogens is 324 g/mol. The van der Waals surface area contributed by atoms with Crippen molar-refractivity contribution in [3.63, 3.8) is 0 Å². The van der Waals surface area contributed by atoms with Crippen LogP contribution in [0.1, 0.15) is 54.4 Å². The zero-order valence-electron chi connectivity index (χ0n) is 16.4. The summed E-state index contributed by atoms with van der Waals surface area (Å²) in [7, 11) is 0. The van der Waals surface area contributed by atoms with Gasteiger partial charge in [-0.05, 0) is 39.5 Å². The second-order valence-corrected chi connectivity index (χ2v) is 8.05. The van der Waals surface area contributed by atoms with Crippen LogP contribution in [0.4, 0.5) is 4.79 Å². The SMILES string of the molecule is CCCOC(=O)CNC1(C(CC(C)C)NC(=O)OC(C)(C)C)COC1. The van der Waals surface area contributed by atoms with Gasteiger partial charge in [0.25, 0.3) is 0 Å². The van der Waals surface area contributed by atoms with E-state index in [0.717, 1.165) is 12.8 Å². The van der Waals surface area contributed by atoms with E-state index in [-0.39, 0.29) is 18.6 Å². The van der Waals surface area contributed by atoms with Crippen molar-refractivity contribution in [2.45, 2.75) is 71.6 Å². The average molecular weight is 358 g/mol. The van der Waals surface area contributed by atoms with Crippen molar-refractivity contribution in [3.8, 4) is 0 Å². The lowest BCUT2D eigenvalue weighted by atomic mass is 9.83. The van der Waals surface area contributed by atoms with E-state index in [1.165, 1.54) is 0 Å². The van der Waals surface area contributed by atoms with E-state index in [4.69, 9.17) is 14.2 Å². The van der Waals surface area contributed by atoms with Gasteiger partial charge in [-0.3, -0.25) is 10.1 Å². The average Bonchev–Trinajstić information content (AvgIpc) is 2.40. The van der Waals surface area contributed by atoms with Crippen molar-refractivity contribution < 1.29 is 23.8 Å². The minimum Gasteiger partial charge on any atom is -0.465 e. The second kappa shape index (κ2) is 9.38. The van der Waals surface area contributed by atoms with Gasteiger partial charge in [-0.2, -0.15) is 0 Å². The van der Waals surface area contributed by atoms with Crippen LogP contribution in [0, 0.1) is 5.92 Å². The van der Waals surface area contributed by atoms with Crippen LogP contribution in [0.5, 0.6) is 0 Å². The molecule has 1 fully saturated rings. The number of carbonyl (C=O) groups excluding carboxylic acids is 2. The largest absolute Gasteiger partial charge is 0.465 e. The van der Waals surface area contributed by atoms with Gasteiger partial charge >= 0.3 is 12.1 Å². The zero-order chi connectivity index (χ0) is 19.1. The molecule has 1 rings (SSSR count). The van der Waals surface area contributed by atoms with Gasteiger partial charge in [0.15, 0.2) is 0 Å². The quantitative estimate of drug-likeness (QED) is 0.615.